The largest absolute Gasteiger partial charge is 0.465 e. The van der Waals surface area contributed by atoms with Crippen LogP contribution in [0.25, 0.3) is 0 Å². The van der Waals surface area contributed by atoms with Crippen LogP contribution in [0.5, 0.6) is 0 Å². The van der Waals surface area contributed by atoms with Crippen molar-refractivity contribution < 1.29 is 4.42 Å². The SMILES string of the molecule is C#CCN(CC)Cc1cc(CNCC)oc1C. The van der Waals surface area contributed by atoms with Gasteiger partial charge < -0.3 is 9.73 Å². The van der Waals surface area contributed by atoms with Gasteiger partial charge in [-0.05, 0) is 26.1 Å². The number of hydrogen-bond donors (Lipinski definition) is 1. The molecule has 0 aliphatic carbocycles. The molecule has 94 valence electrons. The van der Waals surface area contributed by atoms with E-state index in [0.29, 0.717) is 6.54 Å². The second kappa shape index (κ2) is 7.16. The first-order valence-electron chi connectivity index (χ1n) is 6.15. The Balaban J connectivity index is 2.64. The predicted octanol–water partition coefficient (Wildman–Crippen LogP) is 2.15. The molecule has 0 bridgehead atoms. The van der Waals surface area contributed by atoms with Gasteiger partial charge in [-0.3, -0.25) is 4.90 Å². The second-order valence-corrected chi connectivity index (χ2v) is 4.08. The smallest absolute Gasteiger partial charge is 0.118 e. The molecular formula is C14H22N2O. The summed E-state index contributed by atoms with van der Waals surface area (Å²) in [5, 5.41) is 3.26. The fourth-order valence-corrected chi connectivity index (χ4v) is 1.73. The highest BCUT2D eigenvalue weighted by atomic mass is 16.3. The first kappa shape index (κ1) is 13.8. The van der Waals surface area contributed by atoms with Gasteiger partial charge in [0.2, 0.25) is 0 Å². The standard InChI is InChI=1S/C14H22N2O/c1-5-8-16(7-3)11-13-9-14(10-15-6-2)17-12(13)4/h1,9,15H,6-8,10-11H2,2-4H3. The zero-order valence-corrected chi connectivity index (χ0v) is 11.0. The normalized spacial score (nSPS) is 10.8. The fraction of sp³-hybridized carbons (Fsp3) is 0.571. The van der Waals surface area contributed by atoms with E-state index in [1.807, 2.05) is 6.92 Å². The Hall–Kier alpha value is -1.24. The van der Waals surface area contributed by atoms with Crippen molar-refractivity contribution in [2.75, 3.05) is 19.6 Å². The van der Waals surface area contributed by atoms with Crippen LogP contribution in [0.4, 0.5) is 0 Å². The molecule has 1 aromatic heterocycles. The number of furan rings is 1. The number of aryl methyl sites for hydroxylation is 1. The van der Waals surface area contributed by atoms with Crippen molar-refractivity contribution in [3.8, 4) is 12.3 Å². The molecule has 1 N–H and O–H groups in total. The Kier molecular flexibility index (Phi) is 5.82. The Labute approximate surface area is 104 Å². The van der Waals surface area contributed by atoms with Gasteiger partial charge >= 0.3 is 0 Å². The van der Waals surface area contributed by atoms with Crippen molar-refractivity contribution in [2.45, 2.75) is 33.9 Å². The Bertz CT molecular complexity index is 376. The van der Waals surface area contributed by atoms with Gasteiger partial charge in [0.1, 0.15) is 11.5 Å². The zero-order valence-electron chi connectivity index (χ0n) is 11.0. The van der Waals surface area contributed by atoms with Gasteiger partial charge in [-0.15, -0.1) is 6.42 Å². The fourth-order valence-electron chi connectivity index (χ4n) is 1.73. The lowest BCUT2D eigenvalue weighted by atomic mass is 10.2. The number of terminal acetylenes is 1. The lowest BCUT2D eigenvalue weighted by Gasteiger charge is -2.16. The first-order chi connectivity index (χ1) is 8.21. The summed E-state index contributed by atoms with van der Waals surface area (Å²) in [5.41, 5.74) is 1.23. The second-order valence-electron chi connectivity index (χ2n) is 4.08. The Morgan fingerprint density at radius 2 is 2.24 bits per heavy atom. The molecule has 17 heavy (non-hydrogen) atoms. The van der Waals surface area contributed by atoms with Gasteiger partial charge in [0.25, 0.3) is 0 Å². The van der Waals surface area contributed by atoms with E-state index in [9.17, 15) is 0 Å². The van der Waals surface area contributed by atoms with E-state index in [1.54, 1.807) is 0 Å². The maximum absolute atomic E-state index is 5.70. The van der Waals surface area contributed by atoms with E-state index in [4.69, 9.17) is 10.8 Å². The van der Waals surface area contributed by atoms with Crippen molar-refractivity contribution in [2.24, 2.45) is 0 Å². The summed E-state index contributed by atoms with van der Waals surface area (Å²) in [6, 6.07) is 2.12. The average molecular weight is 234 g/mol. The zero-order chi connectivity index (χ0) is 12.7. The maximum atomic E-state index is 5.70. The Morgan fingerprint density at radius 3 is 2.82 bits per heavy atom. The van der Waals surface area contributed by atoms with E-state index in [1.165, 1.54) is 5.56 Å². The summed E-state index contributed by atoms with van der Waals surface area (Å²) in [6.45, 7) is 10.5. The highest BCUT2D eigenvalue weighted by Crippen LogP contribution is 2.16. The molecule has 0 atom stereocenters. The summed E-state index contributed by atoms with van der Waals surface area (Å²) < 4.78 is 5.70. The highest BCUT2D eigenvalue weighted by Gasteiger charge is 2.10. The third-order valence-corrected chi connectivity index (χ3v) is 2.78. The summed E-state index contributed by atoms with van der Waals surface area (Å²) >= 11 is 0. The van der Waals surface area contributed by atoms with Crippen molar-refractivity contribution in [1.82, 2.24) is 10.2 Å². The molecule has 0 amide bonds. The highest BCUT2D eigenvalue weighted by molar-refractivity contribution is 5.21. The molecule has 1 rings (SSSR count). The van der Waals surface area contributed by atoms with E-state index in [0.717, 1.165) is 37.7 Å². The lowest BCUT2D eigenvalue weighted by molar-refractivity contribution is 0.313. The molecule has 0 aliphatic rings. The number of rotatable bonds is 7. The quantitative estimate of drug-likeness (QED) is 0.733. The predicted molar refractivity (Wildman–Crippen MR) is 70.6 cm³/mol. The van der Waals surface area contributed by atoms with Crippen molar-refractivity contribution in [3.05, 3.63) is 23.2 Å². The number of nitrogens with one attached hydrogen (secondary N) is 1. The summed E-state index contributed by atoms with van der Waals surface area (Å²) in [6.07, 6.45) is 5.34. The van der Waals surface area contributed by atoms with Crippen LogP contribution in [0, 0.1) is 19.3 Å². The van der Waals surface area contributed by atoms with E-state index in [2.05, 4.69) is 36.1 Å². The topological polar surface area (TPSA) is 28.4 Å². The molecule has 1 aromatic rings. The van der Waals surface area contributed by atoms with Crippen LogP contribution in [0.2, 0.25) is 0 Å². The van der Waals surface area contributed by atoms with Crippen LogP contribution in [0.15, 0.2) is 10.5 Å². The third-order valence-electron chi connectivity index (χ3n) is 2.78. The van der Waals surface area contributed by atoms with Gasteiger partial charge in [0.05, 0.1) is 13.1 Å². The average Bonchev–Trinajstić information content (AvgIpc) is 2.67. The molecule has 3 nitrogen and oxygen atoms in total. The van der Waals surface area contributed by atoms with Crippen LogP contribution < -0.4 is 5.32 Å². The van der Waals surface area contributed by atoms with E-state index < -0.39 is 0 Å². The van der Waals surface area contributed by atoms with Gasteiger partial charge in [0.15, 0.2) is 0 Å². The molecule has 0 spiro atoms. The summed E-state index contributed by atoms with van der Waals surface area (Å²) in [7, 11) is 0. The van der Waals surface area contributed by atoms with Gasteiger partial charge in [0, 0.05) is 12.1 Å². The lowest BCUT2D eigenvalue weighted by Crippen LogP contribution is -2.23. The minimum atomic E-state index is 0.684. The third kappa shape index (κ3) is 4.26. The number of nitrogens with zero attached hydrogens (tertiary/aromatic N) is 1. The molecule has 3 heteroatoms. The van der Waals surface area contributed by atoms with Crippen molar-refractivity contribution in [1.29, 1.82) is 0 Å². The van der Waals surface area contributed by atoms with Crippen LogP contribution in [-0.2, 0) is 13.1 Å². The minimum absolute atomic E-state index is 0.684. The van der Waals surface area contributed by atoms with E-state index in [-0.39, 0.29) is 0 Å². The van der Waals surface area contributed by atoms with Gasteiger partial charge in [-0.2, -0.15) is 0 Å². The van der Waals surface area contributed by atoms with Crippen LogP contribution >= 0.6 is 0 Å². The molecule has 0 saturated heterocycles. The molecule has 0 fully saturated rings. The monoisotopic (exact) mass is 234 g/mol. The maximum Gasteiger partial charge on any atom is 0.118 e. The summed E-state index contributed by atoms with van der Waals surface area (Å²) in [5.74, 6) is 4.67. The van der Waals surface area contributed by atoms with Gasteiger partial charge in [-0.25, -0.2) is 0 Å². The molecule has 0 unspecified atom stereocenters. The molecule has 0 saturated carbocycles. The molecular weight excluding hydrogens is 212 g/mol. The van der Waals surface area contributed by atoms with Gasteiger partial charge in [-0.1, -0.05) is 19.8 Å². The molecule has 0 radical (unpaired) electrons. The molecule has 0 aliphatic heterocycles. The summed E-state index contributed by atoms with van der Waals surface area (Å²) in [4.78, 5) is 2.22. The molecule has 1 heterocycles. The first-order valence-corrected chi connectivity index (χ1v) is 6.15. The minimum Gasteiger partial charge on any atom is -0.465 e. The molecule has 0 aromatic carbocycles. The van der Waals surface area contributed by atoms with Crippen molar-refractivity contribution in [3.63, 3.8) is 0 Å². The van der Waals surface area contributed by atoms with Crippen LogP contribution in [-0.4, -0.2) is 24.5 Å². The van der Waals surface area contributed by atoms with Crippen molar-refractivity contribution >= 4 is 0 Å². The Morgan fingerprint density at radius 1 is 1.47 bits per heavy atom. The van der Waals surface area contributed by atoms with E-state index >= 15 is 0 Å². The number of hydrogen-bond acceptors (Lipinski definition) is 3. The van der Waals surface area contributed by atoms with Crippen LogP contribution in [0.1, 0.15) is 30.9 Å². The van der Waals surface area contributed by atoms with Crippen LogP contribution in [0.3, 0.4) is 0 Å².